The number of hydrogen-bond donors (Lipinski definition) is 2. The Balaban J connectivity index is 2.47. The van der Waals surface area contributed by atoms with Crippen LogP contribution in [0.3, 0.4) is 0 Å². The number of hydroxylamine groups is 1. The van der Waals surface area contributed by atoms with Crippen molar-refractivity contribution in [2.45, 2.75) is 38.2 Å². The first-order valence-corrected chi connectivity index (χ1v) is 7.30. The molecule has 0 aromatic carbocycles. The lowest BCUT2D eigenvalue weighted by molar-refractivity contribution is -0.135. The molecule has 1 aliphatic rings. The Morgan fingerprint density at radius 1 is 1.37 bits per heavy atom. The molecule has 1 amide bonds. The van der Waals surface area contributed by atoms with Crippen LogP contribution in [0.2, 0.25) is 0 Å². The summed E-state index contributed by atoms with van der Waals surface area (Å²) < 4.78 is 27.8. The minimum Gasteiger partial charge on any atom is -0.300 e. The minimum atomic E-state index is -3.98. The maximum atomic E-state index is 11.5. The highest BCUT2D eigenvalue weighted by atomic mass is 32.2. The summed E-state index contributed by atoms with van der Waals surface area (Å²) in [5, 5.41) is 8.23. The molecule has 19 heavy (non-hydrogen) atoms. The van der Waals surface area contributed by atoms with E-state index < -0.39 is 33.7 Å². The van der Waals surface area contributed by atoms with Crippen LogP contribution in [0.25, 0.3) is 0 Å². The lowest BCUT2D eigenvalue weighted by atomic mass is 9.95. The third-order valence-electron chi connectivity index (χ3n) is 2.61. The van der Waals surface area contributed by atoms with Gasteiger partial charge in [-0.15, -0.1) is 0 Å². The van der Waals surface area contributed by atoms with Crippen molar-refractivity contribution >= 4 is 27.6 Å². The van der Waals surface area contributed by atoms with Crippen molar-refractivity contribution in [3.63, 3.8) is 0 Å². The molecule has 0 heterocycles. The Hall–Kier alpha value is -1.32. The van der Waals surface area contributed by atoms with Crippen LogP contribution >= 0.6 is 0 Å². The van der Waals surface area contributed by atoms with Gasteiger partial charge in [-0.25, -0.2) is 5.48 Å². The zero-order valence-electron chi connectivity index (χ0n) is 10.1. The average Bonchev–Trinajstić information content (AvgIpc) is 2.33. The summed E-state index contributed by atoms with van der Waals surface area (Å²) >= 11 is 0. The maximum absolute atomic E-state index is 11.5. The Morgan fingerprint density at radius 3 is 2.68 bits per heavy atom. The number of carbonyl (C=O) groups excluding carboxylic acids is 3. The molecule has 1 fully saturated rings. The normalized spacial score (nSPS) is 20.4. The van der Waals surface area contributed by atoms with Gasteiger partial charge in [-0.1, -0.05) is 0 Å². The highest BCUT2D eigenvalue weighted by molar-refractivity contribution is 7.86. The summed E-state index contributed by atoms with van der Waals surface area (Å²) in [5.41, 5.74) is 1.37. The zero-order valence-corrected chi connectivity index (χ0v) is 10.9. The van der Waals surface area contributed by atoms with E-state index in [4.69, 9.17) is 5.21 Å². The van der Waals surface area contributed by atoms with E-state index in [9.17, 15) is 22.8 Å². The van der Waals surface area contributed by atoms with Crippen molar-refractivity contribution in [2.24, 2.45) is 0 Å². The molecule has 9 heteroatoms. The summed E-state index contributed by atoms with van der Waals surface area (Å²) in [4.78, 5) is 33.2. The van der Waals surface area contributed by atoms with Crippen LogP contribution in [-0.4, -0.2) is 43.0 Å². The number of carbonyl (C=O) groups is 3. The van der Waals surface area contributed by atoms with Gasteiger partial charge in [0.25, 0.3) is 10.1 Å². The van der Waals surface area contributed by atoms with Gasteiger partial charge in [0.05, 0.1) is 5.75 Å². The average molecular weight is 293 g/mol. The Kier molecular flexibility index (Phi) is 5.58. The number of amides is 1. The molecule has 0 radical (unpaired) electrons. The van der Waals surface area contributed by atoms with Gasteiger partial charge in [-0.05, 0) is 6.42 Å². The molecule has 1 atom stereocenters. The number of rotatable bonds is 6. The smallest absolute Gasteiger partial charge is 0.268 e. The van der Waals surface area contributed by atoms with Crippen molar-refractivity contribution in [2.75, 3.05) is 5.75 Å². The van der Waals surface area contributed by atoms with Gasteiger partial charge in [0.2, 0.25) is 5.91 Å². The van der Waals surface area contributed by atoms with Gasteiger partial charge >= 0.3 is 0 Å². The first-order chi connectivity index (χ1) is 8.84. The molecular formula is C10H15NO7S. The fourth-order valence-corrected chi connectivity index (χ4v) is 2.75. The van der Waals surface area contributed by atoms with Crippen molar-refractivity contribution < 1.29 is 32.2 Å². The second kappa shape index (κ2) is 6.73. The predicted octanol–water partition coefficient (Wildman–Crippen LogP) is -0.691. The van der Waals surface area contributed by atoms with E-state index in [2.05, 4.69) is 4.18 Å². The first kappa shape index (κ1) is 15.7. The first-order valence-electron chi connectivity index (χ1n) is 5.72. The predicted molar refractivity (Wildman–Crippen MR) is 61.7 cm³/mol. The summed E-state index contributed by atoms with van der Waals surface area (Å²) in [7, 11) is -3.98. The van der Waals surface area contributed by atoms with Crippen LogP contribution in [0.5, 0.6) is 0 Å². The molecular weight excluding hydrogens is 278 g/mol. The molecule has 0 aliphatic heterocycles. The van der Waals surface area contributed by atoms with E-state index in [1.165, 1.54) is 5.48 Å². The van der Waals surface area contributed by atoms with Crippen molar-refractivity contribution in [1.82, 2.24) is 5.48 Å². The lowest BCUT2D eigenvalue weighted by Crippen LogP contribution is -2.34. The quantitative estimate of drug-likeness (QED) is 0.377. The largest absolute Gasteiger partial charge is 0.300 e. The van der Waals surface area contributed by atoms with Crippen LogP contribution < -0.4 is 5.48 Å². The summed E-state index contributed by atoms with van der Waals surface area (Å²) in [6.45, 7) is 0. The number of nitrogens with one attached hydrogen (secondary N) is 1. The highest BCUT2D eigenvalue weighted by Gasteiger charge is 2.31. The van der Waals surface area contributed by atoms with E-state index in [-0.39, 0.29) is 37.9 Å². The van der Waals surface area contributed by atoms with Gasteiger partial charge in [-0.3, -0.25) is 23.8 Å². The van der Waals surface area contributed by atoms with Gasteiger partial charge in [0, 0.05) is 25.7 Å². The van der Waals surface area contributed by atoms with Crippen molar-refractivity contribution in [1.29, 1.82) is 0 Å². The zero-order chi connectivity index (χ0) is 14.5. The monoisotopic (exact) mass is 293 g/mol. The molecule has 0 spiro atoms. The van der Waals surface area contributed by atoms with E-state index in [1.807, 2.05) is 0 Å². The fourth-order valence-electron chi connectivity index (χ4n) is 1.62. The summed E-state index contributed by atoms with van der Waals surface area (Å²) in [6.07, 6.45) is -1.59. The molecule has 8 nitrogen and oxygen atoms in total. The van der Waals surface area contributed by atoms with E-state index in [0.717, 1.165) is 0 Å². The summed E-state index contributed by atoms with van der Waals surface area (Å²) in [6, 6.07) is 0. The van der Waals surface area contributed by atoms with Crippen molar-refractivity contribution in [3.8, 4) is 0 Å². The molecule has 1 saturated carbocycles. The number of ketones is 2. The van der Waals surface area contributed by atoms with Crippen molar-refractivity contribution in [3.05, 3.63) is 0 Å². The highest BCUT2D eigenvalue weighted by Crippen LogP contribution is 2.17. The molecule has 0 aromatic heterocycles. The Morgan fingerprint density at radius 2 is 2.05 bits per heavy atom. The van der Waals surface area contributed by atoms with E-state index in [0.29, 0.717) is 0 Å². The number of hydrogen-bond acceptors (Lipinski definition) is 7. The molecule has 0 saturated heterocycles. The van der Waals surface area contributed by atoms with Gasteiger partial charge in [-0.2, -0.15) is 8.42 Å². The topological polar surface area (TPSA) is 127 Å². The fraction of sp³-hybridized carbons (Fsp3) is 0.700. The molecule has 0 bridgehead atoms. The lowest BCUT2D eigenvalue weighted by Gasteiger charge is -2.19. The minimum absolute atomic E-state index is 0.00800. The Bertz CT molecular complexity index is 470. The molecule has 0 aromatic rings. The van der Waals surface area contributed by atoms with Crippen LogP contribution in [0.1, 0.15) is 32.1 Å². The second-order valence-corrected chi connectivity index (χ2v) is 5.91. The molecule has 1 unspecified atom stereocenters. The molecule has 1 aliphatic carbocycles. The third kappa shape index (κ3) is 5.45. The SMILES string of the molecule is O=C1CCC(=O)C(OS(=O)(=O)CCCC(=O)NO)C1. The van der Waals surface area contributed by atoms with Crippen LogP contribution in [0.15, 0.2) is 0 Å². The standard InChI is InChI=1S/C10H15NO7S/c12-7-3-4-8(13)9(6-7)18-19(16,17)5-1-2-10(14)11-15/h9,15H,1-6H2,(H,11,14). The number of Topliss-reactive ketones (excluding diaryl/α,β-unsaturated/α-hetero) is 2. The molecule has 108 valence electrons. The van der Waals surface area contributed by atoms with Crippen LogP contribution in [0.4, 0.5) is 0 Å². The maximum Gasteiger partial charge on any atom is 0.268 e. The summed E-state index contributed by atoms with van der Waals surface area (Å²) in [5.74, 6) is -1.78. The second-order valence-electron chi connectivity index (χ2n) is 4.19. The molecule has 1 rings (SSSR count). The third-order valence-corrected chi connectivity index (χ3v) is 3.92. The van der Waals surface area contributed by atoms with E-state index >= 15 is 0 Å². The Labute approximate surface area is 110 Å². The van der Waals surface area contributed by atoms with Crippen LogP contribution in [0, 0.1) is 0 Å². The van der Waals surface area contributed by atoms with Crippen LogP contribution in [-0.2, 0) is 28.7 Å². The van der Waals surface area contributed by atoms with Gasteiger partial charge in [0.1, 0.15) is 11.9 Å². The van der Waals surface area contributed by atoms with E-state index in [1.54, 1.807) is 0 Å². The van der Waals surface area contributed by atoms with Gasteiger partial charge in [0.15, 0.2) is 5.78 Å². The van der Waals surface area contributed by atoms with Gasteiger partial charge < -0.3 is 0 Å². The molecule has 2 N–H and O–H groups in total.